The number of nitrogens with two attached hydrogens (primary N) is 1. The van der Waals surface area contributed by atoms with E-state index in [-0.39, 0.29) is 17.7 Å². The molecule has 1 aromatic carbocycles. The van der Waals surface area contributed by atoms with Gasteiger partial charge in [-0.05, 0) is 43.5 Å². The molecule has 5 heteroatoms. The number of amides is 1. The summed E-state index contributed by atoms with van der Waals surface area (Å²) < 4.78 is 0. The van der Waals surface area contributed by atoms with Crippen molar-refractivity contribution in [2.24, 2.45) is 17.6 Å². The molecular weight excluding hydrogens is 262 g/mol. The zero-order chi connectivity index (χ0) is 13.8. The quantitative estimate of drug-likeness (QED) is 0.891. The second-order valence-corrected chi connectivity index (χ2v) is 5.24. The van der Waals surface area contributed by atoms with Crippen molar-refractivity contribution < 1.29 is 4.79 Å². The van der Waals surface area contributed by atoms with Crippen LogP contribution in [0.25, 0.3) is 0 Å². The summed E-state index contributed by atoms with van der Waals surface area (Å²) in [5, 5.41) is 12.1. The summed E-state index contributed by atoms with van der Waals surface area (Å²) in [5.74, 6) is 0.148. The highest BCUT2D eigenvalue weighted by Gasteiger charge is 2.32. The van der Waals surface area contributed by atoms with Crippen molar-refractivity contribution in [3.8, 4) is 6.07 Å². The van der Waals surface area contributed by atoms with Crippen molar-refractivity contribution in [3.63, 3.8) is 0 Å². The molecule has 19 heavy (non-hydrogen) atoms. The molecule has 0 heterocycles. The fraction of sp³-hybridized carbons (Fsp3) is 0.429. The summed E-state index contributed by atoms with van der Waals surface area (Å²) in [6.45, 7) is 0.532. The molecular formula is C14H16ClN3O. The molecule has 1 aromatic rings. The maximum Gasteiger partial charge on any atom is 0.227 e. The number of halogens is 1. The molecule has 0 spiro atoms. The lowest BCUT2D eigenvalue weighted by atomic mass is 9.95. The van der Waals surface area contributed by atoms with E-state index in [1.165, 1.54) is 0 Å². The average molecular weight is 278 g/mol. The number of carbonyl (C=O) groups is 1. The summed E-state index contributed by atoms with van der Waals surface area (Å²) in [4.78, 5) is 12.2. The van der Waals surface area contributed by atoms with Gasteiger partial charge in [0.2, 0.25) is 5.91 Å². The van der Waals surface area contributed by atoms with E-state index in [4.69, 9.17) is 22.6 Å². The first-order chi connectivity index (χ1) is 9.15. The molecule has 2 unspecified atom stereocenters. The van der Waals surface area contributed by atoms with Crippen LogP contribution in [-0.2, 0) is 4.79 Å². The van der Waals surface area contributed by atoms with Gasteiger partial charge in [-0.25, -0.2) is 0 Å². The van der Waals surface area contributed by atoms with Gasteiger partial charge in [0, 0.05) is 5.92 Å². The molecule has 0 bridgehead atoms. The molecule has 1 aliphatic rings. The lowest BCUT2D eigenvalue weighted by molar-refractivity contribution is -0.120. The Morgan fingerprint density at radius 1 is 1.53 bits per heavy atom. The van der Waals surface area contributed by atoms with E-state index in [1.807, 2.05) is 6.07 Å². The maximum atomic E-state index is 12.2. The maximum absolute atomic E-state index is 12.2. The summed E-state index contributed by atoms with van der Waals surface area (Å²) in [6.07, 6.45) is 2.90. The number of nitrogens with one attached hydrogen (secondary N) is 1. The van der Waals surface area contributed by atoms with E-state index in [1.54, 1.807) is 18.2 Å². The van der Waals surface area contributed by atoms with Crippen molar-refractivity contribution in [3.05, 3.63) is 28.8 Å². The minimum absolute atomic E-state index is 0.0493. The summed E-state index contributed by atoms with van der Waals surface area (Å²) in [7, 11) is 0. The van der Waals surface area contributed by atoms with Crippen LogP contribution in [0, 0.1) is 23.2 Å². The first kappa shape index (κ1) is 13.9. The van der Waals surface area contributed by atoms with Gasteiger partial charge in [0.15, 0.2) is 0 Å². The number of hydrogen-bond donors (Lipinski definition) is 2. The fourth-order valence-electron chi connectivity index (χ4n) is 2.58. The Labute approximate surface area is 117 Å². The number of benzene rings is 1. The Morgan fingerprint density at radius 3 is 3.00 bits per heavy atom. The van der Waals surface area contributed by atoms with Crippen molar-refractivity contribution >= 4 is 23.2 Å². The highest BCUT2D eigenvalue weighted by atomic mass is 35.5. The minimum atomic E-state index is -0.0510. The number of nitrogens with zero attached hydrogens (tertiary/aromatic N) is 1. The fourth-order valence-corrected chi connectivity index (χ4v) is 2.74. The molecule has 0 radical (unpaired) electrons. The van der Waals surface area contributed by atoms with E-state index in [2.05, 4.69) is 5.32 Å². The van der Waals surface area contributed by atoms with Crippen LogP contribution in [0.15, 0.2) is 18.2 Å². The van der Waals surface area contributed by atoms with E-state index >= 15 is 0 Å². The van der Waals surface area contributed by atoms with E-state index in [9.17, 15) is 4.79 Å². The smallest absolute Gasteiger partial charge is 0.227 e. The van der Waals surface area contributed by atoms with Crippen LogP contribution in [0.2, 0.25) is 5.02 Å². The van der Waals surface area contributed by atoms with Gasteiger partial charge in [-0.3, -0.25) is 4.79 Å². The molecule has 4 nitrogen and oxygen atoms in total. The first-order valence-electron chi connectivity index (χ1n) is 6.36. The highest BCUT2D eigenvalue weighted by molar-refractivity contribution is 6.33. The standard InChI is InChI=1S/C14H16ClN3O/c15-12-5-4-9(7-16)6-13(12)18-14(19)11-3-1-2-10(11)8-17/h4-6,10-11H,1-3,8,17H2,(H,18,19). The topological polar surface area (TPSA) is 78.9 Å². The number of anilines is 1. The van der Waals surface area contributed by atoms with Gasteiger partial charge in [-0.2, -0.15) is 5.26 Å². The highest BCUT2D eigenvalue weighted by Crippen LogP contribution is 2.32. The molecule has 0 saturated heterocycles. The van der Waals surface area contributed by atoms with Crippen LogP contribution >= 0.6 is 11.6 Å². The van der Waals surface area contributed by atoms with Gasteiger partial charge in [0.05, 0.1) is 22.3 Å². The van der Waals surface area contributed by atoms with Gasteiger partial charge in [-0.15, -0.1) is 0 Å². The third kappa shape index (κ3) is 3.06. The molecule has 0 aliphatic heterocycles. The van der Waals surface area contributed by atoms with Crippen molar-refractivity contribution in [1.29, 1.82) is 5.26 Å². The Balaban J connectivity index is 2.13. The summed E-state index contributed by atoms with van der Waals surface area (Å²) in [6, 6.07) is 6.85. The molecule has 0 aromatic heterocycles. The van der Waals surface area contributed by atoms with Gasteiger partial charge in [0.25, 0.3) is 0 Å². The lowest BCUT2D eigenvalue weighted by Crippen LogP contribution is -2.29. The number of carbonyl (C=O) groups excluding carboxylic acids is 1. The van der Waals surface area contributed by atoms with Crippen LogP contribution in [-0.4, -0.2) is 12.5 Å². The van der Waals surface area contributed by atoms with Gasteiger partial charge in [-0.1, -0.05) is 18.0 Å². The predicted octanol–water partition coefficient (Wildman–Crippen LogP) is 2.53. The second-order valence-electron chi connectivity index (χ2n) is 4.83. The molecule has 3 N–H and O–H groups in total. The molecule has 2 rings (SSSR count). The van der Waals surface area contributed by atoms with E-state index < -0.39 is 0 Å². The number of hydrogen-bond acceptors (Lipinski definition) is 3. The predicted molar refractivity (Wildman–Crippen MR) is 74.7 cm³/mol. The van der Waals surface area contributed by atoms with Crippen molar-refractivity contribution in [1.82, 2.24) is 0 Å². The van der Waals surface area contributed by atoms with Crippen molar-refractivity contribution in [2.75, 3.05) is 11.9 Å². The SMILES string of the molecule is N#Cc1ccc(Cl)c(NC(=O)C2CCCC2CN)c1. The monoisotopic (exact) mass is 277 g/mol. The Kier molecular flexibility index (Phi) is 4.41. The average Bonchev–Trinajstić information content (AvgIpc) is 2.89. The normalized spacial score (nSPS) is 21.9. The first-order valence-corrected chi connectivity index (χ1v) is 6.74. The zero-order valence-electron chi connectivity index (χ0n) is 10.5. The Hall–Kier alpha value is -1.57. The number of nitriles is 1. The second kappa shape index (κ2) is 6.05. The van der Waals surface area contributed by atoms with Crippen LogP contribution in [0.3, 0.4) is 0 Å². The molecule has 100 valence electrons. The third-order valence-electron chi connectivity index (χ3n) is 3.65. The molecule has 1 amide bonds. The molecule has 1 fully saturated rings. The largest absolute Gasteiger partial charge is 0.330 e. The van der Waals surface area contributed by atoms with Crippen LogP contribution in [0.1, 0.15) is 24.8 Å². The molecule has 1 aliphatic carbocycles. The van der Waals surface area contributed by atoms with Gasteiger partial charge >= 0.3 is 0 Å². The zero-order valence-corrected chi connectivity index (χ0v) is 11.3. The Morgan fingerprint density at radius 2 is 2.32 bits per heavy atom. The lowest BCUT2D eigenvalue weighted by Gasteiger charge is -2.17. The van der Waals surface area contributed by atoms with Crippen molar-refractivity contribution in [2.45, 2.75) is 19.3 Å². The van der Waals surface area contributed by atoms with Gasteiger partial charge < -0.3 is 11.1 Å². The van der Waals surface area contributed by atoms with Crippen LogP contribution < -0.4 is 11.1 Å². The van der Waals surface area contributed by atoms with Crippen LogP contribution in [0.5, 0.6) is 0 Å². The summed E-state index contributed by atoms with van der Waals surface area (Å²) in [5.41, 5.74) is 6.65. The Bertz CT molecular complexity index is 524. The van der Waals surface area contributed by atoms with E-state index in [0.29, 0.717) is 22.8 Å². The molecule has 1 saturated carbocycles. The van der Waals surface area contributed by atoms with Gasteiger partial charge in [0.1, 0.15) is 0 Å². The summed E-state index contributed by atoms with van der Waals surface area (Å²) >= 11 is 6.03. The number of rotatable bonds is 3. The van der Waals surface area contributed by atoms with Crippen LogP contribution in [0.4, 0.5) is 5.69 Å². The third-order valence-corrected chi connectivity index (χ3v) is 3.98. The molecule has 2 atom stereocenters. The van der Waals surface area contributed by atoms with E-state index in [0.717, 1.165) is 19.3 Å². The minimum Gasteiger partial charge on any atom is -0.330 e.